The van der Waals surface area contributed by atoms with Crippen molar-refractivity contribution in [2.75, 3.05) is 0 Å². The molecule has 0 radical (unpaired) electrons. The molecule has 0 amide bonds. The lowest BCUT2D eigenvalue weighted by Crippen LogP contribution is -2.60. The fraction of sp³-hybridized carbons (Fsp3) is 0.520. The van der Waals surface area contributed by atoms with E-state index in [9.17, 15) is 13.5 Å². The van der Waals surface area contributed by atoms with Crippen LogP contribution in [-0.4, -0.2) is 34.0 Å². The van der Waals surface area contributed by atoms with Crippen LogP contribution in [0.3, 0.4) is 0 Å². The second-order valence-corrected chi connectivity index (χ2v) is 19.7. The first-order valence-corrected chi connectivity index (χ1v) is 17.8. The molecule has 198 valence electrons. The average Bonchev–Trinajstić information content (AvgIpc) is 2.67. The van der Waals surface area contributed by atoms with E-state index in [-0.39, 0.29) is 54.8 Å². The van der Waals surface area contributed by atoms with Crippen LogP contribution < -0.4 is 9.46 Å². The largest absolute Gasteiger partial charge is 0.507 e. The van der Waals surface area contributed by atoms with Gasteiger partial charge in [-0.1, -0.05) is 59.9 Å². The Labute approximate surface area is 233 Å². The molecule has 0 unspecified atom stereocenters. The summed E-state index contributed by atoms with van der Waals surface area (Å²) in [6, 6.07) is 7.07. The van der Waals surface area contributed by atoms with Gasteiger partial charge in [0, 0.05) is 22.7 Å². The minimum atomic E-state index is -3.97. The zero-order valence-corrected chi connectivity index (χ0v) is 25.9. The van der Waals surface area contributed by atoms with Crippen molar-refractivity contribution in [3.8, 4) is 17.2 Å². The second kappa shape index (κ2) is 9.74. The van der Waals surface area contributed by atoms with Gasteiger partial charge in [-0.15, -0.1) is 0 Å². The zero-order valence-electron chi connectivity index (χ0n) is 21.0. The minimum Gasteiger partial charge on any atom is -0.507 e. The van der Waals surface area contributed by atoms with Gasteiger partial charge < -0.3 is 14.3 Å². The topological polar surface area (TPSA) is 84.9 Å². The van der Waals surface area contributed by atoms with Crippen LogP contribution in [0.4, 0.5) is 0 Å². The first kappa shape index (κ1) is 28.2. The highest BCUT2D eigenvalue weighted by Gasteiger charge is 2.55. The van der Waals surface area contributed by atoms with E-state index in [2.05, 4.69) is 54.5 Å². The van der Waals surface area contributed by atoms with Gasteiger partial charge in [0.05, 0.1) is 10.0 Å². The van der Waals surface area contributed by atoms with Crippen molar-refractivity contribution in [1.29, 1.82) is 0 Å². The lowest BCUT2D eigenvalue weighted by Gasteiger charge is -2.59. The summed E-state index contributed by atoms with van der Waals surface area (Å²) in [4.78, 5) is -0.252. The molecule has 36 heavy (non-hydrogen) atoms. The van der Waals surface area contributed by atoms with Crippen LogP contribution in [0.25, 0.3) is 0 Å². The maximum Gasteiger partial charge on any atom is 0.244 e. The van der Waals surface area contributed by atoms with E-state index in [0.29, 0.717) is 4.47 Å². The smallest absolute Gasteiger partial charge is 0.244 e. The molecule has 0 aliphatic heterocycles. The van der Waals surface area contributed by atoms with Crippen LogP contribution in [0.15, 0.2) is 39.7 Å². The molecule has 0 aromatic heterocycles. The summed E-state index contributed by atoms with van der Waals surface area (Å²) < 4.78 is 41.9. The molecule has 0 bridgehead atoms. The maximum absolute atomic E-state index is 13.1. The third-order valence-electron chi connectivity index (χ3n) is 7.67. The first-order valence-electron chi connectivity index (χ1n) is 11.9. The fourth-order valence-electron chi connectivity index (χ4n) is 4.79. The van der Waals surface area contributed by atoms with Gasteiger partial charge in [0.15, 0.2) is 14.1 Å². The third kappa shape index (κ3) is 5.77. The lowest BCUT2D eigenvalue weighted by atomic mass is 9.53. The molecule has 2 aliphatic carbocycles. The molecule has 1 spiro atoms. The Bertz CT molecular complexity index is 1240. The number of halogens is 3. The number of ether oxygens (including phenoxy) is 1. The molecule has 2 saturated carbocycles. The minimum absolute atomic E-state index is 0.155. The van der Waals surface area contributed by atoms with Gasteiger partial charge in [-0.25, -0.2) is 13.1 Å². The van der Waals surface area contributed by atoms with Crippen molar-refractivity contribution in [3.63, 3.8) is 0 Å². The van der Waals surface area contributed by atoms with Crippen molar-refractivity contribution in [2.45, 2.75) is 81.6 Å². The molecule has 11 heteroatoms. The zero-order chi connectivity index (χ0) is 26.7. The maximum atomic E-state index is 13.1. The van der Waals surface area contributed by atoms with E-state index >= 15 is 0 Å². The van der Waals surface area contributed by atoms with Crippen molar-refractivity contribution in [2.24, 2.45) is 5.41 Å². The summed E-state index contributed by atoms with van der Waals surface area (Å²) in [7, 11) is -5.77. The number of aromatic hydroxyl groups is 1. The average molecular weight is 637 g/mol. The van der Waals surface area contributed by atoms with E-state index in [4.69, 9.17) is 32.4 Å². The standard InChI is InChI=1S/C25H32BrCl2NO5SSi/c1-24(2,3)36(4,5)34-18-13-25(14-18)11-16(12-25)29-35(31,32)22-10-17(6-7-21(22)30)33-23-19(27)8-15(26)9-20(23)28/h6-10,16,18,29-30H,11-14H2,1-5H3. The normalized spacial score (nSPS) is 24.3. The van der Waals surface area contributed by atoms with Crippen LogP contribution >= 0.6 is 39.1 Å². The molecule has 6 nitrogen and oxygen atoms in total. The van der Waals surface area contributed by atoms with Gasteiger partial charge in [0.2, 0.25) is 10.0 Å². The second-order valence-electron chi connectivity index (χ2n) is 11.6. The van der Waals surface area contributed by atoms with Crippen LogP contribution in [0.5, 0.6) is 17.2 Å². The summed E-state index contributed by atoms with van der Waals surface area (Å²) in [6.07, 6.45) is 3.75. The Balaban J connectivity index is 1.38. The molecule has 0 saturated heterocycles. The van der Waals surface area contributed by atoms with Crippen LogP contribution in [0.2, 0.25) is 28.2 Å². The van der Waals surface area contributed by atoms with Gasteiger partial charge in [-0.2, -0.15) is 0 Å². The summed E-state index contributed by atoms with van der Waals surface area (Å²) in [6.45, 7) is 11.2. The predicted molar refractivity (Wildman–Crippen MR) is 149 cm³/mol. The SMILES string of the molecule is CC(C)(C)[Si](C)(C)OC1CC2(CC(NS(=O)(=O)c3cc(Oc4c(Cl)cc(Br)cc4Cl)ccc3O)C2)C1. The number of sulfonamides is 1. The fourth-order valence-corrected chi connectivity index (χ4v) is 8.77. The van der Waals surface area contributed by atoms with E-state index in [1.54, 1.807) is 12.1 Å². The lowest BCUT2D eigenvalue weighted by molar-refractivity contribution is -0.0864. The highest BCUT2D eigenvalue weighted by Crippen LogP contribution is 2.58. The Kier molecular flexibility index (Phi) is 7.63. The van der Waals surface area contributed by atoms with Gasteiger partial charge in [-0.3, -0.25) is 0 Å². The molecule has 2 fully saturated rings. The highest BCUT2D eigenvalue weighted by atomic mass is 79.9. The summed E-state index contributed by atoms with van der Waals surface area (Å²) in [5, 5.41) is 11.0. The van der Waals surface area contributed by atoms with Gasteiger partial charge in [0.1, 0.15) is 16.4 Å². The number of hydrogen-bond acceptors (Lipinski definition) is 5. The first-order chi connectivity index (χ1) is 16.5. The molecule has 2 aromatic carbocycles. The number of benzene rings is 2. The number of rotatable bonds is 7. The Morgan fingerprint density at radius 3 is 2.22 bits per heavy atom. The van der Waals surface area contributed by atoms with Crippen molar-refractivity contribution < 1.29 is 22.7 Å². The molecule has 4 rings (SSSR count). The molecule has 2 N–H and O–H groups in total. The Morgan fingerprint density at radius 1 is 1.08 bits per heavy atom. The van der Waals surface area contributed by atoms with Gasteiger partial charge >= 0.3 is 0 Å². The highest BCUT2D eigenvalue weighted by molar-refractivity contribution is 9.10. The Morgan fingerprint density at radius 2 is 1.67 bits per heavy atom. The molecular formula is C25H32BrCl2NO5SSi. The summed E-state index contributed by atoms with van der Waals surface area (Å²) in [5.41, 5.74) is 0.155. The number of phenols is 1. The van der Waals surface area contributed by atoms with Crippen molar-refractivity contribution >= 4 is 57.5 Å². The monoisotopic (exact) mass is 635 g/mol. The molecule has 2 aliphatic rings. The molecule has 0 heterocycles. The van der Waals surface area contributed by atoms with Crippen LogP contribution in [0, 0.1) is 5.41 Å². The quantitative estimate of drug-likeness (QED) is 0.302. The number of phenolic OH excluding ortho intramolecular Hbond substituents is 1. The number of nitrogens with one attached hydrogen (secondary N) is 1. The summed E-state index contributed by atoms with van der Waals surface area (Å²) >= 11 is 15.8. The molecular weight excluding hydrogens is 605 g/mol. The van der Waals surface area contributed by atoms with Crippen molar-refractivity contribution in [1.82, 2.24) is 4.72 Å². The molecule has 0 atom stereocenters. The van der Waals surface area contributed by atoms with E-state index < -0.39 is 18.3 Å². The van der Waals surface area contributed by atoms with E-state index in [1.165, 1.54) is 18.2 Å². The van der Waals surface area contributed by atoms with E-state index in [0.717, 1.165) is 25.7 Å². The van der Waals surface area contributed by atoms with Gasteiger partial charge in [0.25, 0.3) is 0 Å². The van der Waals surface area contributed by atoms with Crippen molar-refractivity contribution in [3.05, 3.63) is 44.8 Å². The molecule has 2 aromatic rings. The van der Waals surface area contributed by atoms with Crippen LogP contribution in [0.1, 0.15) is 46.5 Å². The predicted octanol–water partition coefficient (Wildman–Crippen LogP) is 7.87. The third-order valence-corrected chi connectivity index (χ3v) is 14.8. The Hall–Kier alpha value is -0.813. The van der Waals surface area contributed by atoms with Crippen LogP contribution in [-0.2, 0) is 14.4 Å². The van der Waals surface area contributed by atoms with Gasteiger partial charge in [-0.05, 0) is 73.5 Å². The number of hydrogen-bond donors (Lipinski definition) is 2. The van der Waals surface area contributed by atoms with E-state index in [1.807, 2.05) is 0 Å². The summed E-state index contributed by atoms with van der Waals surface area (Å²) in [5.74, 6) is 0.0290.